The Morgan fingerprint density at radius 2 is 2.19 bits per heavy atom. The summed E-state index contributed by atoms with van der Waals surface area (Å²) in [5.74, 6) is 3.90. The van der Waals surface area contributed by atoms with E-state index in [0.29, 0.717) is 30.5 Å². The lowest BCUT2D eigenvalue weighted by molar-refractivity contribution is 0.142. The molecule has 0 amide bonds. The van der Waals surface area contributed by atoms with Gasteiger partial charge in [0.1, 0.15) is 24.0 Å². The smallest absolute Gasteiger partial charge is 0.144 e. The number of hydrogen-bond acceptors (Lipinski definition) is 6. The second-order valence-electron chi connectivity index (χ2n) is 6.08. The predicted octanol–water partition coefficient (Wildman–Crippen LogP) is 3.10. The Morgan fingerprint density at radius 1 is 1.27 bits per heavy atom. The zero-order valence-corrected chi connectivity index (χ0v) is 14.1. The van der Waals surface area contributed by atoms with Gasteiger partial charge >= 0.3 is 0 Å². The highest BCUT2D eigenvalue weighted by Crippen LogP contribution is 2.32. The summed E-state index contributed by atoms with van der Waals surface area (Å²) in [5, 5.41) is 4.09. The van der Waals surface area contributed by atoms with E-state index in [9.17, 15) is 0 Å². The van der Waals surface area contributed by atoms with Crippen LogP contribution in [0.15, 0.2) is 42.7 Å². The number of anilines is 3. The van der Waals surface area contributed by atoms with E-state index in [-0.39, 0.29) is 6.10 Å². The molecule has 1 fully saturated rings. The van der Waals surface area contributed by atoms with Gasteiger partial charge in [-0.1, -0.05) is 12.0 Å². The minimum Gasteiger partial charge on any atom is -0.486 e. The van der Waals surface area contributed by atoms with Crippen molar-refractivity contribution in [3.05, 3.63) is 48.3 Å². The fourth-order valence-electron chi connectivity index (χ4n) is 2.91. The van der Waals surface area contributed by atoms with Gasteiger partial charge in [-0.05, 0) is 24.3 Å². The van der Waals surface area contributed by atoms with Crippen LogP contribution in [0, 0.1) is 12.3 Å². The number of nitrogen functional groups attached to an aromatic ring is 1. The third kappa shape index (κ3) is 3.25. The fraction of sp³-hybridized carbons (Fsp3) is 0.200. The number of ether oxygens (including phenoxy) is 2. The molecule has 0 radical (unpaired) electrons. The van der Waals surface area contributed by atoms with Crippen molar-refractivity contribution in [2.45, 2.75) is 12.5 Å². The summed E-state index contributed by atoms with van der Waals surface area (Å²) in [6.45, 7) is 1.30. The zero-order chi connectivity index (χ0) is 17.9. The summed E-state index contributed by atoms with van der Waals surface area (Å²) < 4.78 is 11.3. The van der Waals surface area contributed by atoms with E-state index in [1.165, 1.54) is 6.33 Å². The second-order valence-corrected chi connectivity index (χ2v) is 6.08. The summed E-state index contributed by atoms with van der Waals surface area (Å²) in [5.41, 5.74) is 9.13. The summed E-state index contributed by atoms with van der Waals surface area (Å²) in [7, 11) is 0. The molecule has 1 unspecified atom stereocenters. The molecule has 130 valence electrons. The maximum atomic E-state index is 6.20. The van der Waals surface area contributed by atoms with Crippen molar-refractivity contribution in [2.24, 2.45) is 0 Å². The molecule has 2 aromatic carbocycles. The van der Waals surface area contributed by atoms with Gasteiger partial charge in [0.2, 0.25) is 0 Å². The molecule has 1 aromatic heterocycles. The normalized spacial score (nSPS) is 16.3. The van der Waals surface area contributed by atoms with E-state index in [1.807, 2.05) is 36.4 Å². The zero-order valence-electron chi connectivity index (χ0n) is 14.1. The van der Waals surface area contributed by atoms with E-state index in [4.69, 9.17) is 21.6 Å². The van der Waals surface area contributed by atoms with Crippen molar-refractivity contribution in [1.82, 2.24) is 9.97 Å². The van der Waals surface area contributed by atoms with Gasteiger partial charge in [0, 0.05) is 29.1 Å². The van der Waals surface area contributed by atoms with Crippen LogP contribution >= 0.6 is 0 Å². The monoisotopic (exact) mass is 346 g/mol. The van der Waals surface area contributed by atoms with Crippen molar-refractivity contribution >= 4 is 28.1 Å². The Kier molecular flexibility index (Phi) is 4.30. The molecule has 3 N–H and O–H groups in total. The van der Waals surface area contributed by atoms with E-state index in [0.717, 1.165) is 28.6 Å². The number of fused-ring (bicyclic) bond motifs is 1. The number of nitrogens with one attached hydrogen (secondary N) is 1. The van der Waals surface area contributed by atoms with Crippen LogP contribution in [0.3, 0.4) is 0 Å². The molecule has 2 heterocycles. The number of hydrogen-bond donors (Lipinski definition) is 2. The molecule has 4 rings (SSSR count). The number of nitrogens with zero attached hydrogens (tertiary/aromatic N) is 2. The minimum atomic E-state index is 0.0284. The van der Waals surface area contributed by atoms with Crippen molar-refractivity contribution in [2.75, 3.05) is 24.3 Å². The highest BCUT2D eigenvalue weighted by atomic mass is 16.5. The van der Waals surface area contributed by atoms with Crippen LogP contribution in [0.5, 0.6) is 5.75 Å². The van der Waals surface area contributed by atoms with Gasteiger partial charge in [0.25, 0.3) is 0 Å². The Hall–Kier alpha value is -3.30. The lowest BCUT2D eigenvalue weighted by atomic mass is 10.1. The lowest BCUT2D eigenvalue weighted by Crippen LogP contribution is -2.16. The van der Waals surface area contributed by atoms with Crippen LogP contribution < -0.4 is 15.8 Å². The van der Waals surface area contributed by atoms with Crippen molar-refractivity contribution in [1.29, 1.82) is 0 Å². The Bertz CT molecular complexity index is 991. The predicted molar refractivity (Wildman–Crippen MR) is 101 cm³/mol. The Morgan fingerprint density at radius 3 is 3.00 bits per heavy atom. The molecule has 26 heavy (non-hydrogen) atoms. The molecular weight excluding hydrogens is 328 g/mol. The van der Waals surface area contributed by atoms with E-state index in [2.05, 4.69) is 21.2 Å². The van der Waals surface area contributed by atoms with Gasteiger partial charge in [-0.3, -0.25) is 0 Å². The first-order valence-corrected chi connectivity index (χ1v) is 8.35. The third-order valence-electron chi connectivity index (χ3n) is 4.24. The number of rotatable bonds is 4. The summed E-state index contributed by atoms with van der Waals surface area (Å²) >= 11 is 0. The van der Waals surface area contributed by atoms with E-state index in [1.54, 1.807) is 0 Å². The van der Waals surface area contributed by atoms with Crippen molar-refractivity contribution < 1.29 is 9.47 Å². The molecule has 0 aliphatic carbocycles. The van der Waals surface area contributed by atoms with Crippen LogP contribution in [0.4, 0.5) is 17.2 Å². The number of terminal acetylenes is 1. The first kappa shape index (κ1) is 16.2. The average molecular weight is 346 g/mol. The molecule has 0 saturated carbocycles. The van der Waals surface area contributed by atoms with Crippen molar-refractivity contribution in [3.8, 4) is 18.1 Å². The molecule has 1 atom stereocenters. The first-order chi connectivity index (χ1) is 12.7. The van der Waals surface area contributed by atoms with Gasteiger partial charge in [0.15, 0.2) is 0 Å². The summed E-state index contributed by atoms with van der Waals surface area (Å²) in [6.07, 6.45) is 7.86. The first-order valence-electron chi connectivity index (χ1n) is 8.35. The number of nitrogens with two attached hydrogens (primary N) is 1. The number of benzene rings is 2. The van der Waals surface area contributed by atoms with Gasteiger partial charge in [-0.25, -0.2) is 9.97 Å². The molecular formula is C20H18N4O2. The van der Waals surface area contributed by atoms with Gasteiger partial charge in [-0.2, -0.15) is 0 Å². The maximum absolute atomic E-state index is 6.20. The molecule has 1 aliphatic rings. The van der Waals surface area contributed by atoms with Gasteiger partial charge < -0.3 is 20.5 Å². The van der Waals surface area contributed by atoms with Gasteiger partial charge in [0.05, 0.1) is 24.4 Å². The molecule has 6 heteroatoms. The summed E-state index contributed by atoms with van der Waals surface area (Å²) in [4.78, 5) is 8.68. The third-order valence-corrected chi connectivity index (χ3v) is 4.24. The van der Waals surface area contributed by atoms with Crippen molar-refractivity contribution in [3.63, 3.8) is 0 Å². The van der Waals surface area contributed by atoms with E-state index >= 15 is 0 Å². The largest absolute Gasteiger partial charge is 0.486 e. The molecule has 6 nitrogen and oxygen atoms in total. The SMILES string of the molecule is C#Cc1cccc(Nc2ncnc3cc(OC4CCOC4)c(N)cc23)c1. The topological polar surface area (TPSA) is 82.3 Å². The van der Waals surface area contributed by atoms with Gasteiger partial charge in [-0.15, -0.1) is 6.42 Å². The van der Waals surface area contributed by atoms with Crippen LogP contribution in [0.1, 0.15) is 12.0 Å². The standard InChI is InChI=1S/C20H18N4O2/c1-2-13-4-3-5-14(8-13)24-20-16-9-17(21)19(10-18(16)22-12-23-20)26-15-6-7-25-11-15/h1,3-5,8-10,12,15H,6-7,11,21H2,(H,22,23,24). The van der Waals surface area contributed by atoms with Crippen LogP contribution in [0.2, 0.25) is 0 Å². The van der Waals surface area contributed by atoms with E-state index < -0.39 is 0 Å². The molecule has 1 aliphatic heterocycles. The highest BCUT2D eigenvalue weighted by molar-refractivity contribution is 5.94. The molecule has 1 saturated heterocycles. The van der Waals surface area contributed by atoms with Crippen LogP contribution in [-0.4, -0.2) is 29.3 Å². The Labute approximate surface area is 151 Å². The number of aromatic nitrogens is 2. The quantitative estimate of drug-likeness (QED) is 0.558. The van der Waals surface area contributed by atoms with Crippen LogP contribution in [-0.2, 0) is 4.74 Å². The Balaban J connectivity index is 1.67. The molecule has 0 spiro atoms. The summed E-state index contributed by atoms with van der Waals surface area (Å²) in [6, 6.07) is 11.2. The highest BCUT2D eigenvalue weighted by Gasteiger charge is 2.19. The van der Waals surface area contributed by atoms with Crippen LogP contribution in [0.25, 0.3) is 10.9 Å². The molecule has 3 aromatic rings. The molecule has 0 bridgehead atoms. The second kappa shape index (κ2) is 6.90. The minimum absolute atomic E-state index is 0.0284. The lowest BCUT2D eigenvalue weighted by Gasteiger charge is -2.15. The maximum Gasteiger partial charge on any atom is 0.144 e. The average Bonchev–Trinajstić information content (AvgIpc) is 3.16. The fourth-order valence-corrected chi connectivity index (χ4v) is 2.91.